The third-order valence-corrected chi connectivity index (χ3v) is 3.31. The Morgan fingerprint density at radius 3 is 2.76 bits per heavy atom. The number of hydrogen-bond donors (Lipinski definition) is 2. The van der Waals surface area contributed by atoms with Crippen molar-refractivity contribution >= 4 is 11.6 Å². The molecule has 21 heavy (non-hydrogen) atoms. The summed E-state index contributed by atoms with van der Waals surface area (Å²) in [6.07, 6.45) is 1.71. The monoisotopic (exact) mass is 281 g/mol. The highest BCUT2D eigenvalue weighted by Crippen LogP contribution is 2.20. The Labute approximate surface area is 121 Å². The average Bonchev–Trinajstić information content (AvgIpc) is 2.84. The highest BCUT2D eigenvalue weighted by molar-refractivity contribution is 5.94. The predicted octanol–water partition coefficient (Wildman–Crippen LogP) is 2.28. The smallest absolute Gasteiger partial charge is 0.270 e. The molecule has 1 aromatic carbocycles. The van der Waals surface area contributed by atoms with E-state index in [0.717, 1.165) is 5.56 Å². The Hall–Kier alpha value is -2.82. The summed E-state index contributed by atoms with van der Waals surface area (Å²) in [6.45, 7) is 2.20. The number of rotatable bonds is 3. The molecule has 0 saturated carbocycles. The van der Waals surface area contributed by atoms with Crippen molar-refractivity contribution in [3.05, 3.63) is 65.6 Å². The maximum atomic E-state index is 12.4. The molecule has 5 heteroatoms. The van der Waals surface area contributed by atoms with Gasteiger partial charge in [0.1, 0.15) is 5.69 Å². The number of aromatic hydroxyl groups is 1. The van der Waals surface area contributed by atoms with Crippen LogP contribution in [-0.2, 0) is 6.54 Å². The van der Waals surface area contributed by atoms with E-state index in [1.54, 1.807) is 29.7 Å². The van der Waals surface area contributed by atoms with Gasteiger partial charge >= 0.3 is 0 Å². The van der Waals surface area contributed by atoms with E-state index < -0.39 is 0 Å². The second kappa shape index (κ2) is 5.28. The van der Waals surface area contributed by atoms with E-state index in [2.05, 4.69) is 10.3 Å². The van der Waals surface area contributed by atoms with E-state index in [-0.39, 0.29) is 11.7 Å². The number of hydrogen-bond acceptors (Lipinski definition) is 3. The number of fused-ring (bicyclic) bond motifs is 1. The molecular weight excluding hydrogens is 266 g/mol. The van der Waals surface area contributed by atoms with Crippen LogP contribution in [-0.4, -0.2) is 20.4 Å². The third kappa shape index (κ3) is 2.45. The molecule has 2 heterocycles. The zero-order valence-corrected chi connectivity index (χ0v) is 11.6. The Kier molecular flexibility index (Phi) is 3.31. The molecule has 0 atom stereocenters. The van der Waals surface area contributed by atoms with Gasteiger partial charge in [0, 0.05) is 12.7 Å². The molecule has 5 nitrogen and oxygen atoms in total. The zero-order chi connectivity index (χ0) is 14.8. The van der Waals surface area contributed by atoms with Gasteiger partial charge in [-0.2, -0.15) is 0 Å². The van der Waals surface area contributed by atoms with Gasteiger partial charge in [0.15, 0.2) is 11.4 Å². The second-order valence-electron chi connectivity index (χ2n) is 4.80. The molecule has 3 rings (SSSR count). The van der Waals surface area contributed by atoms with E-state index in [9.17, 15) is 9.90 Å². The van der Waals surface area contributed by atoms with Crippen molar-refractivity contribution in [3.63, 3.8) is 0 Å². The van der Waals surface area contributed by atoms with Gasteiger partial charge in [0.05, 0.1) is 5.69 Å². The van der Waals surface area contributed by atoms with Crippen molar-refractivity contribution < 1.29 is 9.90 Å². The number of carbonyl (C=O) groups excluding carboxylic acids is 1. The van der Waals surface area contributed by atoms with Crippen LogP contribution in [0, 0.1) is 6.92 Å². The van der Waals surface area contributed by atoms with E-state index in [0.29, 0.717) is 23.6 Å². The molecule has 0 fully saturated rings. The maximum Gasteiger partial charge on any atom is 0.270 e. The fourth-order valence-corrected chi connectivity index (χ4v) is 2.30. The summed E-state index contributed by atoms with van der Waals surface area (Å²) in [4.78, 5) is 16.6. The molecule has 0 bridgehead atoms. The van der Waals surface area contributed by atoms with Crippen molar-refractivity contribution in [3.8, 4) is 5.75 Å². The fourth-order valence-electron chi connectivity index (χ4n) is 2.30. The topological polar surface area (TPSA) is 66.6 Å². The first-order valence-electron chi connectivity index (χ1n) is 6.65. The van der Waals surface area contributed by atoms with Gasteiger partial charge in [-0.25, -0.2) is 4.98 Å². The molecule has 0 aliphatic heterocycles. The molecule has 0 saturated heterocycles. The Morgan fingerprint density at radius 1 is 1.24 bits per heavy atom. The minimum atomic E-state index is -0.213. The number of nitrogens with one attached hydrogen (secondary N) is 1. The number of amides is 1. The number of aryl methyl sites for hydroxylation is 1. The first kappa shape index (κ1) is 13.2. The first-order chi connectivity index (χ1) is 10.2. The van der Waals surface area contributed by atoms with Crippen molar-refractivity contribution in [2.24, 2.45) is 0 Å². The molecule has 1 amide bonds. The summed E-state index contributed by atoms with van der Waals surface area (Å²) in [5, 5.41) is 12.7. The number of nitrogens with zero attached hydrogens (tertiary/aromatic N) is 2. The maximum absolute atomic E-state index is 12.4. The van der Waals surface area contributed by atoms with Gasteiger partial charge in [0.2, 0.25) is 0 Å². The highest BCUT2D eigenvalue weighted by atomic mass is 16.3. The van der Waals surface area contributed by atoms with Crippen LogP contribution in [0.4, 0.5) is 0 Å². The molecular formula is C16H15N3O2. The number of imidazole rings is 1. The lowest BCUT2D eigenvalue weighted by Crippen LogP contribution is -2.24. The Morgan fingerprint density at radius 2 is 2.00 bits per heavy atom. The number of carbonyl (C=O) groups is 1. The van der Waals surface area contributed by atoms with Gasteiger partial charge in [-0.1, -0.05) is 30.3 Å². The van der Waals surface area contributed by atoms with Gasteiger partial charge in [-0.15, -0.1) is 0 Å². The van der Waals surface area contributed by atoms with Crippen molar-refractivity contribution in [1.29, 1.82) is 0 Å². The lowest BCUT2D eigenvalue weighted by molar-refractivity contribution is 0.0944. The van der Waals surface area contributed by atoms with Crippen molar-refractivity contribution in [1.82, 2.24) is 14.7 Å². The van der Waals surface area contributed by atoms with Gasteiger partial charge in [-0.05, 0) is 24.6 Å². The van der Waals surface area contributed by atoms with Gasteiger partial charge in [-0.3, -0.25) is 9.20 Å². The van der Waals surface area contributed by atoms with Crippen LogP contribution < -0.4 is 5.32 Å². The van der Waals surface area contributed by atoms with Crippen molar-refractivity contribution in [2.75, 3.05) is 0 Å². The van der Waals surface area contributed by atoms with Crippen LogP contribution in [0.5, 0.6) is 5.75 Å². The lowest BCUT2D eigenvalue weighted by Gasteiger charge is -2.06. The van der Waals surface area contributed by atoms with Gasteiger partial charge in [0.25, 0.3) is 5.91 Å². The third-order valence-electron chi connectivity index (χ3n) is 3.31. The summed E-state index contributed by atoms with van der Waals surface area (Å²) in [7, 11) is 0. The molecule has 0 spiro atoms. The minimum Gasteiger partial charge on any atom is -0.504 e. The van der Waals surface area contributed by atoms with E-state index in [1.807, 2.05) is 30.3 Å². The van der Waals surface area contributed by atoms with Crippen LogP contribution in [0.2, 0.25) is 0 Å². The fraction of sp³-hybridized carbons (Fsp3) is 0.125. The van der Waals surface area contributed by atoms with Gasteiger partial charge < -0.3 is 10.4 Å². The molecule has 0 unspecified atom stereocenters. The lowest BCUT2D eigenvalue weighted by atomic mass is 10.2. The molecule has 0 aliphatic rings. The first-order valence-corrected chi connectivity index (χ1v) is 6.65. The minimum absolute atomic E-state index is 0.0581. The quantitative estimate of drug-likeness (QED) is 0.774. The summed E-state index contributed by atoms with van der Waals surface area (Å²) < 4.78 is 1.60. The van der Waals surface area contributed by atoms with E-state index in [4.69, 9.17) is 0 Å². The second-order valence-corrected chi connectivity index (χ2v) is 4.80. The van der Waals surface area contributed by atoms with Crippen LogP contribution in [0.3, 0.4) is 0 Å². The molecule has 0 radical (unpaired) electrons. The Balaban J connectivity index is 1.88. The predicted molar refractivity (Wildman–Crippen MR) is 79.2 cm³/mol. The molecule has 3 aromatic rings. The molecule has 106 valence electrons. The normalized spacial score (nSPS) is 10.7. The highest BCUT2D eigenvalue weighted by Gasteiger charge is 2.17. The summed E-state index contributed by atoms with van der Waals surface area (Å²) in [6, 6.07) is 12.9. The van der Waals surface area contributed by atoms with Crippen LogP contribution in [0.15, 0.2) is 48.7 Å². The van der Waals surface area contributed by atoms with Crippen LogP contribution in [0.1, 0.15) is 21.7 Å². The van der Waals surface area contributed by atoms with Crippen LogP contribution in [0.25, 0.3) is 5.65 Å². The number of pyridine rings is 1. The summed E-state index contributed by atoms with van der Waals surface area (Å²) in [5.74, 6) is -0.155. The van der Waals surface area contributed by atoms with Crippen molar-refractivity contribution in [2.45, 2.75) is 13.5 Å². The molecule has 2 aromatic heterocycles. The van der Waals surface area contributed by atoms with Crippen LogP contribution >= 0.6 is 0 Å². The van der Waals surface area contributed by atoms with E-state index >= 15 is 0 Å². The number of benzene rings is 1. The largest absolute Gasteiger partial charge is 0.504 e. The average molecular weight is 281 g/mol. The SMILES string of the molecule is Cc1nc2c(O)cccn2c1C(=O)NCc1ccccc1. The zero-order valence-electron chi connectivity index (χ0n) is 11.6. The standard InChI is InChI=1S/C16H15N3O2/c1-11-14(19-9-5-8-13(20)15(19)18-11)16(21)17-10-12-6-3-2-4-7-12/h2-9,20H,10H2,1H3,(H,17,21). The molecule has 0 aliphatic carbocycles. The summed E-state index contributed by atoms with van der Waals surface area (Å²) >= 11 is 0. The van der Waals surface area contributed by atoms with E-state index in [1.165, 1.54) is 0 Å². The Bertz CT molecular complexity index is 794. The number of aromatic nitrogens is 2. The summed E-state index contributed by atoms with van der Waals surface area (Å²) in [5.41, 5.74) is 2.44. The molecule has 2 N–H and O–H groups in total.